The molecule has 0 amide bonds. The number of rotatable bonds is 4. The predicted octanol–water partition coefficient (Wildman–Crippen LogP) is 1.90. The zero-order valence-electron chi connectivity index (χ0n) is 11.4. The lowest BCUT2D eigenvalue weighted by Gasteiger charge is -2.32. The topological polar surface area (TPSA) is 70.0 Å². The zero-order valence-corrected chi connectivity index (χ0v) is 11.4. The molecule has 5 nitrogen and oxygen atoms in total. The fraction of sp³-hybridized carbons (Fsp3) is 0.462. The number of nitrogens with one attached hydrogen (secondary N) is 2. The predicted molar refractivity (Wildman–Crippen MR) is 76.8 cm³/mol. The summed E-state index contributed by atoms with van der Waals surface area (Å²) < 4.78 is 0. The fourth-order valence-corrected chi connectivity index (χ4v) is 1.57. The quantitative estimate of drug-likeness (QED) is 0.722. The normalized spacial score (nSPS) is 12.3. The van der Waals surface area contributed by atoms with Gasteiger partial charge in [-0.25, -0.2) is 4.98 Å². The Labute approximate surface area is 107 Å². The minimum atomic E-state index is 0.0675. The Morgan fingerprint density at radius 2 is 2.11 bits per heavy atom. The van der Waals surface area contributed by atoms with Gasteiger partial charge in [0, 0.05) is 17.8 Å². The van der Waals surface area contributed by atoms with E-state index in [1.165, 1.54) is 0 Å². The molecular formula is C13H21N5. The number of likely N-dealkylation sites (N-methyl/N-ethyl adjacent to an activating group) is 1. The Bertz CT molecular complexity index is 541. The Kier molecular flexibility index (Phi) is 3.17. The van der Waals surface area contributed by atoms with Gasteiger partial charge in [0.25, 0.3) is 0 Å². The molecule has 0 unspecified atom stereocenters. The molecule has 0 aliphatic heterocycles. The number of hydrogen-bond acceptors (Lipinski definition) is 4. The summed E-state index contributed by atoms with van der Waals surface area (Å²) in [5, 5.41) is 3.33. The molecule has 5 heteroatoms. The molecule has 0 bridgehead atoms. The molecule has 0 fully saturated rings. The molecule has 1 aromatic carbocycles. The number of nitrogens with zero attached hydrogens (tertiary/aromatic N) is 2. The average Bonchev–Trinajstić information content (AvgIpc) is 2.68. The van der Waals surface area contributed by atoms with Crippen LogP contribution < -0.4 is 11.1 Å². The van der Waals surface area contributed by atoms with Crippen LogP contribution in [0.3, 0.4) is 0 Å². The summed E-state index contributed by atoms with van der Waals surface area (Å²) in [6.45, 7) is 5.18. The second-order valence-electron chi connectivity index (χ2n) is 5.42. The number of nitrogen functional groups attached to an aromatic ring is 1. The number of aromatic nitrogens is 2. The molecule has 0 aliphatic rings. The van der Waals surface area contributed by atoms with Gasteiger partial charge in [0.15, 0.2) is 0 Å². The van der Waals surface area contributed by atoms with Crippen LogP contribution in [0.15, 0.2) is 18.2 Å². The van der Waals surface area contributed by atoms with E-state index < -0.39 is 0 Å². The van der Waals surface area contributed by atoms with Gasteiger partial charge >= 0.3 is 0 Å². The summed E-state index contributed by atoms with van der Waals surface area (Å²) in [6, 6.07) is 5.67. The lowest BCUT2D eigenvalue weighted by molar-refractivity contribution is 0.210. The zero-order chi connectivity index (χ0) is 13.3. The molecule has 2 aromatic rings. The van der Waals surface area contributed by atoms with Gasteiger partial charge in [-0.05, 0) is 46.1 Å². The van der Waals surface area contributed by atoms with E-state index in [9.17, 15) is 0 Å². The minimum Gasteiger partial charge on any atom is -0.399 e. The van der Waals surface area contributed by atoms with Crippen molar-refractivity contribution >= 4 is 22.7 Å². The van der Waals surface area contributed by atoms with Crippen molar-refractivity contribution < 1.29 is 0 Å². The van der Waals surface area contributed by atoms with Crippen LogP contribution >= 0.6 is 0 Å². The van der Waals surface area contributed by atoms with E-state index in [-0.39, 0.29) is 5.54 Å². The summed E-state index contributed by atoms with van der Waals surface area (Å²) in [6.07, 6.45) is 0. The van der Waals surface area contributed by atoms with Crippen molar-refractivity contribution in [2.45, 2.75) is 19.4 Å². The molecule has 0 radical (unpaired) electrons. The van der Waals surface area contributed by atoms with E-state index in [4.69, 9.17) is 5.73 Å². The van der Waals surface area contributed by atoms with Crippen LogP contribution in [-0.2, 0) is 0 Å². The summed E-state index contributed by atoms with van der Waals surface area (Å²) >= 11 is 0. The molecule has 0 saturated heterocycles. The number of H-pyrrole nitrogens is 1. The average molecular weight is 247 g/mol. The first-order chi connectivity index (χ1) is 8.38. The van der Waals surface area contributed by atoms with E-state index in [0.29, 0.717) is 0 Å². The second-order valence-corrected chi connectivity index (χ2v) is 5.42. The van der Waals surface area contributed by atoms with Gasteiger partial charge in [-0.15, -0.1) is 0 Å². The highest BCUT2D eigenvalue weighted by Gasteiger charge is 2.20. The highest BCUT2D eigenvalue weighted by Crippen LogP contribution is 2.18. The van der Waals surface area contributed by atoms with Crippen LogP contribution in [0, 0.1) is 0 Å². The molecule has 18 heavy (non-hydrogen) atoms. The molecule has 0 spiro atoms. The van der Waals surface area contributed by atoms with E-state index in [0.717, 1.165) is 29.2 Å². The van der Waals surface area contributed by atoms with Crippen LogP contribution in [0.5, 0.6) is 0 Å². The monoisotopic (exact) mass is 247 g/mol. The first-order valence-electron chi connectivity index (χ1n) is 6.05. The number of nitrogens with two attached hydrogens (primary N) is 1. The minimum absolute atomic E-state index is 0.0675. The van der Waals surface area contributed by atoms with Gasteiger partial charge < -0.3 is 20.9 Å². The largest absolute Gasteiger partial charge is 0.399 e. The van der Waals surface area contributed by atoms with Crippen LogP contribution in [0.1, 0.15) is 13.8 Å². The summed E-state index contributed by atoms with van der Waals surface area (Å²) in [4.78, 5) is 9.88. The SMILES string of the molecule is CN(C)C(C)(C)CNc1nc2ccc(N)cc2[nH]1. The maximum atomic E-state index is 5.74. The van der Waals surface area contributed by atoms with E-state index in [1.807, 2.05) is 18.2 Å². The van der Waals surface area contributed by atoms with Crippen molar-refractivity contribution in [3.05, 3.63) is 18.2 Å². The van der Waals surface area contributed by atoms with Crippen LogP contribution in [0.4, 0.5) is 11.6 Å². The lowest BCUT2D eigenvalue weighted by Crippen LogP contribution is -2.44. The van der Waals surface area contributed by atoms with Gasteiger partial charge in [-0.2, -0.15) is 0 Å². The summed E-state index contributed by atoms with van der Waals surface area (Å²) in [5.74, 6) is 0.783. The maximum absolute atomic E-state index is 5.74. The van der Waals surface area contributed by atoms with E-state index >= 15 is 0 Å². The number of aromatic amines is 1. The van der Waals surface area contributed by atoms with E-state index in [2.05, 4.69) is 48.1 Å². The third-order valence-electron chi connectivity index (χ3n) is 3.41. The van der Waals surface area contributed by atoms with Gasteiger partial charge in [-0.3, -0.25) is 0 Å². The van der Waals surface area contributed by atoms with Crippen molar-refractivity contribution in [2.24, 2.45) is 0 Å². The number of benzene rings is 1. The van der Waals surface area contributed by atoms with Crippen molar-refractivity contribution in [2.75, 3.05) is 31.7 Å². The van der Waals surface area contributed by atoms with Crippen molar-refractivity contribution in [1.82, 2.24) is 14.9 Å². The first kappa shape index (κ1) is 12.7. The molecule has 4 N–H and O–H groups in total. The number of fused-ring (bicyclic) bond motifs is 1. The molecule has 0 saturated carbocycles. The van der Waals surface area contributed by atoms with Gasteiger partial charge in [-0.1, -0.05) is 0 Å². The highest BCUT2D eigenvalue weighted by molar-refractivity contribution is 5.80. The van der Waals surface area contributed by atoms with Crippen molar-refractivity contribution in [3.63, 3.8) is 0 Å². The van der Waals surface area contributed by atoms with Crippen LogP contribution in [-0.4, -0.2) is 41.0 Å². The first-order valence-corrected chi connectivity index (χ1v) is 6.05. The summed E-state index contributed by atoms with van der Waals surface area (Å²) in [5.41, 5.74) is 8.43. The molecule has 1 aromatic heterocycles. The van der Waals surface area contributed by atoms with Crippen molar-refractivity contribution in [3.8, 4) is 0 Å². The van der Waals surface area contributed by atoms with Crippen molar-refractivity contribution in [1.29, 1.82) is 0 Å². The van der Waals surface area contributed by atoms with E-state index in [1.54, 1.807) is 0 Å². The highest BCUT2D eigenvalue weighted by atomic mass is 15.2. The molecule has 2 rings (SSSR count). The summed E-state index contributed by atoms with van der Waals surface area (Å²) in [7, 11) is 4.14. The van der Waals surface area contributed by atoms with Gasteiger partial charge in [0.05, 0.1) is 11.0 Å². The molecule has 0 aliphatic carbocycles. The fourth-order valence-electron chi connectivity index (χ4n) is 1.57. The molecule has 0 atom stereocenters. The standard InChI is InChI=1S/C13H21N5/c1-13(2,18(3)4)8-15-12-16-10-6-5-9(14)7-11(10)17-12/h5-7H,8,14H2,1-4H3,(H2,15,16,17). The van der Waals surface area contributed by atoms with Gasteiger partial charge in [0.2, 0.25) is 5.95 Å². The second kappa shape index (κ2) is 4.49. The number of hydrogen-bond donors (Lipinski definition) is 3. The lowest BCUT2D eigenvalue weighted by atomic mass is 10.1. The Balaban J connectivity index is 2.13. The Morgan fingerprint density at radius 1 is 1.39 bits per heavy atom. The smallest absolute Gasteiger partial charge is 0.201 e. The third kappa shape index (κ3) is 2.56. The molecule has 98 valence electrons. The number of imidazole rings is 1. The number of anilines is 2. The Hall–Kier alpha value is -1.75. The maximum Gasteiger partial charge on any atom is 0.201 e. The van der Waals surface area contributed by atoms with Crippen LogP contribution in [0.25, 0.3) is 11.0 Å². The molecule has 1 heterocycles. The van der Waals surface area contributed by atoms with Gasteiger partial charge in [0.1, 0.15) is 0 Å². The Morgan fingerprint density at radius 3 is 2.78 bits per heavy atom. The molecular weight excluding hydrogens is 226 g/mol. The third-order valence-corrected chi connectivity index (χ3v) is 3.41. The van der Waals surface area contributed by atoms with Crippen LogP contribution in [0.2, 0.25) is 0 Å².